The van der Waals surface area contributed by atoms with Gasteiger partial charge in [-0.2, -0.15) is 5.10 Å². The lowest BCUT2D eigenvalue weighted by molar-refractivity contribution is 0.0518. The maximum atomic E-state index is 11.5. The molecule has 0 aliphatic rings. The summed E-state index contributed by atoms with van der Waals surface area (Å²) in [5, 5.41) is 13.2. The number of aliphatic hydroxyl groups is 1. The third kappa shape index (κ3) is 3.29. The van der Waals surface area contributed by atoms with E-state index in [1.165, 1.54) is 10.7 Å². The van der Waals surface area contributed by atoms with Crippen LogP contribution in [-0.4, -0.2) is 27.5 Å². The first kappa shape index (κ1) is 13.2. The molecule has 92 valence electrons. The Kier molecular flexibility index (Phi) is 4.66. The fourth-order valence-corrected chi connectivity index (χ4v) is 1.28. The molecule has 1 rings (SSSR count). The zero-order valence-corrected chi connectivity index (χ0v) is 9.85. The van der Waals surface area contributed by atoms with Crippen molar-refractivity contribution in [2.45, 2.75) is 20.1 Å². The number of carbonyl (C=O) groups is 1. The molecule has 0 spiro atoms. The molecule has 17 heavy (non-hydrogen) atoms. The van der Waals surface area contributed by atoms with Gasteiger partial charge in [-0.25, -0.2) is 4.79 Å². The lowest BCUT2D eigenvalue weighted by Crippen LogP contribution is -2.09. The van der Waals surface area contributed by atoms with Crippen molar-refractivity contribution in [3.63, 3.8) is 0 Å². The van der Waals surface area contributed by atoms with Gasteiger partial charge in [-0.05, 0) is 18.6 Å². The quantitative estimate of drug-likeness (QED) is 0.597. The van der Waals surface area contributed by atoms with Gasteiger partial charge < -0.3 is 9.84 Å². The summed E-state index contributed by atoms with van der Waals surface area (Å²) in [4.78, 5) is 11.5. The maximum absolute atomic E-state index is 11.5. The average Bonchev–Trinajstić information content (AvgIpc) is 2.72. The second-order valence-electron chi connectivity index (χ2n) is 3.42. The fourth-order valence-electron chi connectivity index (χ4n) is 1.28. The summed E-state index contributed by atoms with van der Waals surface area (Å²) in [6.45, 7) is 9.55. The van der Waals surface area contributed by atoms with Crippen LogP contribution in [0.2, 0.25) is 0 Å². The number of carbonyl (C=O) groups excluding carboxylic acids is 1. The van der Waals surface area contributed by atoms with E-state index in [9.17, 15) is 4.79 Å². The maximum Gasteiger partial charge on any atom is 0.358 e. The summed E-state index contributed by atoms with van der Waals surface area (Å²) in [5.74, 6) is -0.495. The lowest BCUT2D eigenvalue weighted by atomic mass is 10.3. The summed E-state index contributed by atoms with van der Waals surface area (Å²) in [7, 11) is 0. The van der Waals surface area contributed by atoms with E-state index in [0.29, 0.717) is 18.8 Å². The first-order chi connectivity index (χ1) is 8.12. The van der Waals surface area contributed by atoms with Crippen LogP contribution >= 0.6 is 0 Å². The van der Waals surface area contributed by atoms with Gasteiger partial charge in [0.15, 0.2) is 5.69 Å². The Labute approximate surface area is 100 Å². The number of esters is 1. The SMILES string of the molecule is C=CC(=C)Cn1nc(C(=O)OCC)cc1CO. The minimum atomic E-state index is -0.495. The van der Waals surface area contributed by atoms with Gasteiger partial charge in [0.05, 0.1) is 25.5 Å². The van der Waals surface area contributed by atoms with Crippen molar-refractivity contribution in [3.8, 4) is 0 Å². The highest BCUT2D eigenvalue weighted by Gasteiger charge is 2.14. The topological polar surface area (TPSA) is 64.4 Å². The number of rotatable bonds is 6. The zero-order chi connectivity index (χ0) is 12.8. The van der Waals surface area contributed by atoms with E-state index in [0.717, 1.165) is 5.57 Å². The van der Waals surface area contributed by atoms with E-state index >= 15 is 0 Å². The van der Waals surface area contributed by atoms with Gasteiger partial charge in [0.25, 0.3) is 0 Å². The minimum absolute atomic E-state index is 0.188. The number of nitrogens with zero attached hydrogens (tertiary/aromatic N) is 2. The average molecular weight is 236 g/mol. The molecule has 0 aromatic carbocycles. The van der Waals surface area contributed by atoms with E-state index < -0.39 is 5.97 Å². The Morgan fingerprint density at radius 3 is 2.94 bits per heavy atom. The summed E-state index contributed by atoms with van der Waals surface area (Å²) in [6, 6.07) is 1.51. The smallest absolute Gasteiger partial charge is 0.358 e. The van der Waals surface area contributed by atoms with Crippen molar-refractivity contribution >= 4 is 5.97 Å². The van der Waals surface area contributed by atoms with Gasteiger partial charge in [0.1, 0.15) is 0 Å². The van der Waals surface area contributed by atoms with Crippen LogP contribution in [0.15, 0.2) is 30.9 Å². The molecule has 0 bridgehead atoms. The second-order valence-corrected chi connectivity index (χ2v) is 3.42. The molecule has 0 saturated carbocycles. The van der Waals surface area contributed by atoms with Crippen LogP contribution in [0.3, 0.4) is 0 Å². The Morgan fingerprint density at radius 1 is 1.71 bits per heavy atom. The molecule has 0 aliphatic heterocycles. The van der Waals surface area contributed by atoms with Crippen LogP contribution in [0.4, 0.5) is 0 Å². The Balaban J connectivity index is 2.93. The number of ether oxygens (including phenoxy) is 1. The predicted octanol–water partition coefficient (Wildman–Crippen LogP) is 1.29. The summed E-state index contributed by atoms with van der Waals surface area (Å²) in [5.41, 5.74) is 1.47. The number of aliphatic hydroxyl groups excluding tert-OH is 1. The summed E-state index contributed by atoms with van der Waals surface area (Å²) >= 11 is 0. The van der Waals surface area contributed by atoms with Crippen LogP contribution in [0.25, 0.3) is 0 Å². The minimum Gasteiger partial charge on any atom is -0.461 e. The lowest BCUT2D eigenvalue weighted by Gasteiger charge is -2.04. The zero-order valence-electron chi connectivity index (χ0n) is 9.85. The molecule has 0 saturated heterocycles. The van der Waals surface area contributed by atoms with Crippen molar-refractivity contribution in [2.75, 3.05) is 6.61 Å². The first-order valence-corrected chi connectivity index (χ1v) is 5.27. The van der Waals surface area contributed by atoms with Crippen molar-refractivity contribution in [2.24, 2.45) is 0 Å². The predicted molar refractivity (Wildman–Crippen MR) is 63.4 cm³/mol. The van der Waals surface area contributed by atoms with E-state index in [4.69, 9.17) is 9.84 Å². The van der Waals surface area contributed by atoms with Crippen molar-refractivity contribution in [3.05, 3.63) is 42.3 Å². The molecule has 0 amide bonds. The monoisotopic (exact) mass is 236 g/mol. The number of hydrogen-bond acceptors (Lipinski definition) is 4. The molecule has 1 aromatic heterocycles. The van der Waals surface area contributed by atoms with Crippen molar-refractivity contribution in [1.82, 2.24) is 9.78 Å². The normalized spacial score (nSPS) is 10.0. The molecule has 5 nitrogen and oxygen atoms in total. The highest BCUT2D eigenvalue weighted by molar-refractivity contribution is 5.87. The van der Waals surface area contributed by atoms with Gasteiger partial charge in [0.2, 0.25) is 0 Å². The molecule has 0 radical (unpaired) electrons. The molecule has 1 aromatic rings. The largest absolute Gasteiger partial charge is 0.461 e. The summed E-state index contributed by atoms with van der Waals surface area (Å²) in [6.07, 6.45) is 1.60. The number of hydrogen-bond donors (Lipinski definition) is 1. The van der Waals surface area contributed by atoms with E-state index in [2.05, 4.69) is 18.3 Å². The first-order valence-electron chi connectivity index (χ1n) is 5.27. The molecular formula is C12H16N2O3. The molecule has 0 atom stereocenters. The Morgan fingerprint density at radius 2 is 2.41 bits per heavy atom. The fraction of sp³-hybridized carbons (Fsp3) is 0.333. The van der Waals surface area contributed by atoms with Gasteiger partial charge >= 0.3 is 5.97 Å². The highest BCUT2D eigenvalue weighted by Crippen LogP contribution is 2.09. The molecule has 1 N–H and O–H groups in total. The van der Waals surface area contributed by atoms with Crippen molar-refractivity contribution in [1.29, 1.82) is 0 Å². The third-order valence-electron chi connectivity index (χ3n) is 2.15. The standard InChI is InChI=1S/C12H16N2O3/c1-4-9(3)7-14-10(8-15)6-11(13-14)12(16)17-5-2/h4,6,15H,1,3,5,7-8H2,2H3. The Hall–Kier alpha value is -1.88. The van der Waals surface area contributed by atoms with Crippen LogP contribution < -0.4 is 0 Å². The van der Waals surface area contributed by atoms with E-state index in [1.807, 2.05) is 0 Å². The van der Waals surface area contributed by atoms with E-state index in [1.54, 1.807) is 13.0 Å². The van der Waals surface area contributed by atoms with Crippen molar-refractivity contribution < 1.29 is 14.6 Å². The Bertz CT molecular complexity index is 435. The second kappa shape index (κ2) is 6.00. The molecule has 0 aliphatic carbocycles. The number of allylic oxidation sites excluding steroid dienone is 2. The van der Waals surface area contributed by atoms with Crippen LogP contribution in [-0.2, 0) is 17.9 Å². The van der Waals surface area contributed by atoms with Crippen LogP contribution in [0.5, 0.6) is 0 Å². The molecule has 5 heteroatoms. The summed E-state index contributed by atoms with van der Waals surface area (Å²) < 4.78 is 6.34. The van der Waals surface area contributed by atoms with Crippen LogP contribution in [0.1, 0.15) is 23.1 Å². The number of aromatic nitrogens is 2. The highest BCUT2D eigenvalue weighted by atomic mass is 16.5. The third-order valence-corrected chi connectivity index (χ3v) is 2.15. The molecule has 0 fully saturated rings. The van der Waals surface area contributed by atoms with Gasteiger partial charge in [-0.1, -0.05) is 19.2 Å². The van der Waals surface area contributed by atoms with Crippen LogP contribution in [0, 0.1) is 0 Å². The molecule has 0 unspecified atom stereocenters. The molecular weight excluding hydrogens is 220 g/mol. The van der Waals surface area contributed by atoms with Gasteiger partial charge in [-0.15, -0.1) is 0 Å². The van der Waals surface area contributed by atoms with Gasteiger partial charge in [0, 0.05) is 0 Å². The van der Waals surface area contributed by atoms with E-state index in [-0.39, 0.29) is 12.3 Å². The van der Waals surface area contributed by atoms with Gasteiger partial charge in [-0.3, -0.25) is 4.68 Å². The molecule has 1 heterocycles.